The fourth-order valence-electron chi connectivity index (χ4n) is 19.8. The Hall–Kier alpha value is -7.00. The summed E-state index contributed by atoms with van der Waals surface area (Å²) in [5.74, 6) is -16.4. The molecule has 9 fully saturated rings. The van der Waals surface area contributed by atoms with Gasteiger partial charge < -0.3 is 69.5 Å². The summed E-state index contributed by atoms with van der Waals surface area (Å²) in [6.45, 7) is 7.71. The van der Waals surface area contributed by atoms with Crippen molar-refractivity contribution in [2.24, 2.45) is 47.3 Å². The Morgan fingerprint density at radius 3 is 1.79 bits per heavy atom. The van der Waals surface area contributed by atoms with Gasteiger partial charge in [-0.25, -0.2) is 8.78 Å². The third-order valence-corrected chi connectivity index (χ3v) is 27.2. The summed E-state index contributed by atoms with van der Waals surface area (Å²) >= 11 is 0. The molecule has 26 nitrogen and oxygen atoms in total. The average molecular weight is 1670 g/mol. The van der Waals surface area contributed by atoms with E-state index in [4.69, 9.17) is 9.47 Å². The second-order valence-corrected chi connectivity index (χ2v) is 35.7. The summed E-state index contributed by atoms with van der Waals surface area (Å²) < 4.78 is 128. The summed E-state index contributed by atoms with van der Waals surface area (Å²) in [7, 11) is 6.88. The highest BCUT2D eigenvalue weighted by Crippen LogP contribution is 2.46. The SMILES string of the molecule is CCO[C@@H]1C[C@H]2C(=O)NC3(CCC3)C(=O)N(C)[C@@H](C3CCCC3)C(=O)N(CCC3CCCC3)[C@H](C(=O)N3CCOCC3)CC(=O)N(C)[C@@H](CC(C)C)C(=O)N[C@@H]([C@@H](C)CC)C(=O)N(C)CC(=O)N(C)[C@H]3CCCCCN(C3=O)[C@@H](CC3CCC(C(F)(F)F)CC3)C(=O)N(C)CC(=O)N[C@@H](CCC3CC(F)C(C(F)(F)F)C(F)C3)C(=O)N2C1. The maximum absolute atomic E-state index is 16.5. The first-order chi connectivity index (χ1) is 55.3. The Balaban J connectivity index is 1.14. The lowest BCUT2D eigenvalue weighted by Gasteiger charge is -2.47. The van der Waals surface area contributed by atoms with E-state index in [1.54, 1.807) is 25.7 Å². The van der Waals surface area contributed by atoms with Gasteiger partial charge in [0.25, 0.3) is 0 Å². The van der Waals surface area contributed by atoms with E-state index in [1.807, 2.05) is 13.8 Å². The van der Waals surface area contributed by atoms with E-state index in [9.17, 15) is 35.9 Å². The molecular formula is C83H130F8N12O14. The number of carbonyl (C=O) groups is 12. The number of halogens is 8. The van der Waals surface area contributed by atoms with Crippen LogP contribution in [0, 0.1) is 47.3 Å². The normalized spacial score (nSPS) is 32.0. The van der Waals surface area contributed by atoms with Crippen molar-refractivity contribution in [3.8, 4) is 0 Å². The maximum Gasteiger partial charge on any atom is 0.397 e. The van der Waals surface area contributed by atoms with Gasteiger partial charge in [-0.1, -0.05) is 85.5 Å². The fourth-order valence-corrected chi connectivity index (χ4v) is 19.8. The van der Waals surface area contributed by atoms with Crippen molar-refractivity contribution < 1.29 is 102 Å². The summed E-state index contributed by atoms with van der Waals surface area (Å²) in [5.41, 5.74) is -1.70. The highest BCUT2D eigenvalue weighted by molar-refractivity contribution is 6.01. The van der Waals surface area contributed by atoms with Crippen molar-refractivity contribution in [1.29, 1.82) is 0 Å². The number of hydrogen-bond acceptors (Lipinski definition) is 14. The zero-order chi connectivity index (χ0) is 85.7. The lowest BCUT2D eigenvalue weighted by atomic mass is 9.74. The molecule has 0 aromatic carbocycles. The number of hydrogen-bond donors (Lipinski definition) is 3. The molecular weight excluding hydrogens is 1540 g/mol. The first-order valence-electron chi connectivity index (χ1n) is 43.3. The predicted molar refractivity (Wildman–Crippen MR) is 415 cm³/mol. The van der Waals surface area contributed by atoms with E-state index in [-0.39, 0.29) is 135 Å². The van der Waals surface area contributed by atoms with Gasteiger partial charge in [0.2, 0.25) is 70.9 Å². The van der Waals surface area contributed by atoms with Crippen LogP contribution in [0.2, 0.25) is 0 Å². The highest BCUT2D eigenvalue weighted by Gasteiger charge is 2.57. The zero-order valence-electron chi connectivity index (χ0n) is 70.3. The Kier molecular flexibility index (Phi) is 33.3. The second kappa shape index (κ2) is 41.5. The zero-order valence-corrected chi connectivity index (χ0v) is 70.3. The number of morpholine rings is 1. The van der Waals surface area contributed by atoms with Crippen LogP contribution < -0.4 is 16.0 Å². The van der Waals surface area contributed by atoms with Crippen LogP contribution in [-0.2, 0) is 67.0 Å². The molecule has 2 unspecified atom stereocenters. The number of nitrogens with zero attached hydrogens (tertiary/aromatic N) is 9. The van der Waals surface area contributed by atoms with E-state index in [1.165, 1.54) is 59.7 Å². The van der Waals surface area contributed by atoms with E-state index < -0.39 is 230 Å². The quantitative estimate of drug-likeness (QED) is 0.123. The van der Waals surface area contributed by atoms with Gasteiger partial charge in [-0.05, 0) is 158 Å². The highest BCUT2D eigenvalue weighted by atomic mass is 19.4. The first kappa shape index (κ1) is 93.9. The molecule has 9 aliphatic rings. The second-order valence-electron chi connectivity index (χ2n) is 35.7. The Morgan fingerprint density at radius 2 is 1.21 bits per heavy atom. The van der Waals surface area contributed by atoms with E-state index >= 15 is 56.7 Å². The van der Waals surface area contributed by atoms with Crippen molar-refractivity contribution in [1.82, 2.24) is 60.0 Å². The minimum Gasteiger partial charge on any atom is -0.378 e. The molecule has 117 heavy (non-hydrogen) atoms. The molecule has 0 aromatic heterocycles. The number of fused-ring (bicyclic) bond motifs is 3. The third-order valence-electron chi connectivity index (χ3n) is 27.2. The molecule has 12 atom stereocenters. The van der Waals surface area contributed by atoms with Gasteiger partial charge in [-0.2, -0.15) is 26.3 Å². The molecule has 5 aliphatic carbocycles. The van der Waals surface area contributed by atoms with Gasteiger partial charge in [0, 0.05) is 81.0 Å². The predicted octanol–water partition coefficient (Wildman–Crippen LogP) is 8.30. The molecule has 0 radical (unpaired) electrons. The van der Waals surface area contributed by atoms with Crippen molar-refractivity contribution >= 4 is 70.9 Å². The van der Waals surface area contributed by atoms with Crippen LogP contribution >= 0.6 is 0 Å². The molecule has 662 valence electrons. The molecule has 34 heteroatoms. The summed E-state index contributed by atoms with van der Waals surface area (Å²) in [5, 5.41) is 8.61. The Bertz CT molecular complexity index is 3430. The van der Waals surface area contributed by atoms with Crippen LogP contribution in [0.25, 0.3) is 0 Å². The monoisotopic (exact) mass is 1670 g/mol. The van der Waals surface area contributed by atoms with E-state index in [0.717, 1.165) is 40.4 Å². The molecule has 12 amide bonds. The van der Waals surface area contributed by atoms with Crippen LogP contribution in [0.1, 0.15) is 221 Å². The fraction of sp³-hybridized carbons (Fsp3) is 0.855. The number of rotatable bonds is 16. The first-order valence-corrected chi connectivity index (χ1v) is 43.3. The average Bonchev–Trinajstić information content (AvgIpc) is 1.71. The van der Waals surface area contributed by atoms with Gasteiger partial charge in [-0.3, -0.25) is 57.5 Å². The summed E-state index contributed by atoms with van der Waals surface area (Å²) in [4.78, 5) is 197. The van der Waals surface area contributed by atoms with E-state index in [2.05, 4.69) is 16.0 Å². The number of likely N-dealkylation sites (N-methyl/N-ethyl adjacent to an activating group) is 5. The van der Waals surface area contributed by atoms with Crippen LogP contribution in [0.3, 0.4) is 0 Å². The Morgan fingerprint density at radius 1 is 0.581 bits per heavy atom. The molecule has 2 bridgehead atoms. The maximum atomic E-state index is 16.5. The minimum atomic E-state index is -5.22. The number of carbonyl (C=O) groups excluding carboxylic acids is 12. The van der Waals surface area contributed by atoms with Gasteiger partial charge in [0.05, 0.1) is 44.7 Å². The standard InChI is InChI=1S/C83H130F8N12O14/c1-11-51(5)70-78(113)96(7)49-68(106)97(8)61-25-14-13-19-35-101(77(61)112)64(44-53-26-29-56(30-27-53)82(86,87)88)75(110)95(6)48-66(104)92-60(31-28-54-42-58(84)69(59(85)43-54)83(89,90)91)74(109)103-47-57(117-12-2)45-63(103)73(108)94-81(33-20-34-81)80(115)99(10)71(55-23-17-18-24-55)79(114)102(36-32-52-21-15-16-22-52)65(76(111)100-37-39-116-40-38-100)46-67(105)98(9)62(41-50(3)4)72(107)93-70/h50-65,69-71H,11-49H2,1-10H3,(H,92,104)(H,93,107)(H,94,108)/t51-,53?,54?,56?,57+,58?,59?,60-,61-,62-,63-,64-,65-,69?,70-,71-/m0/s1. The van der Waals surface area contributed by atoms with Crippen molar-refractivity contribution in [3.05, 3.63) is 0 Å². The van der Waals surface area contributed by atoms with Gasteiger partial charge >= 0.3 is 12.4 Å². The van der Waals surface area contributed by atoms with Crippen molar-refractivity contribution in [2.45, 2.75) is 305 Å². The molecule has 0 aromatic rings. The molecule has 3 N–H and O–H groups in total. The number of amides is 12. The number of ether oxygens (including phenoxy) is 2. The Labute approximate surface area is 684 Å². The number of alkyl halides is 8. The molecule has 4 saturated heterocycles. The van der Waals surface area contributed by atoms with Crippen molar-refractivity contribution in [3.63, 3.8) is 0 Å². The topological polar surface area (TPSA) is 289 Å². The van der Waals surface area contributed by atoms with Gasteiger partial charge in [-0.15, -0.1) is 0 Å². The summed E-state index contributed by atoms with van der Waals surface area (Å²) in [6.07, 6.45) is -11.1. The lowest BCUT2D eigenvalue weighted by Crippen LogP contribution is -2.68. The molecule has 5 saturated carbocycles. The van der Waals surface area contributed by atoms with Gasteiger partial charge in [0.15, 0.2) is 0 Å². The molecule has 4 heterocycles. The molecule has 9 rings (SSSR count). The van der Waals surface area contributed by atoms with Crippen LogP contribution in [0.5, 0.6) is 0 Å². The van der Waals surface area contributed by atoms with Crippen LogP contribution in [0.15, 0.2) is 0 Å². The molecule has 1 spiro atoms. The smallest absolute Gasteiger partial charge is 0.378 e. The largest absolute Gasteiger partial charge is 0.397 e. The van der Waals surface area contributed by atoms with Crippen molar-refractivity contribution in [2.75, 3.05) is 101 Å². The number of nitrogens with one attached hydrogen (secondary N) is 3. The van der Waals surface area contributed by atoms with E-state index in [0.29, 0.717) is 64.2 Å². The van der Waals surface area contributed by atoms with Gasteiger partial charge in [0.1, 0.15) is 72.1 Å². The molecule has 4 aliphatic heterocycles. The van der Waals surface area contributed by atoms with Crippen LogP contribution in [-0.4, -0.2) is 301 Å². The summed E-state index contributed by atoms with van der Waals surface area (Å²) in [6, 6.07) is -11.2. The third kappa shape index (κ3) is 23.4. The minimum absolute atomic E-state index is 0.000602. The lowest BCUT2D eigenvalue weighted by molar-refractivity contribution is -0.219. The van der Waals surface area contributed by atoms with Crippen LogP contribution in [0.4, 0.5) is 35.1 Å².